The van der Waals surface area contributed by atoms with Crippen LogP contribution in [-0.4, -0.2) is 37.3 Å². The number of likely N-dealkylation sites (N-methyl/N-ethyl adjacent to an activating group) is 1. The van der Waals surface area contributed by atoms with Crippen LogP contribution in [0.15, 0.2) is 23.1 Å². The summed E-state index contributed by atoms with van der Waals surface area (Å²) in [5, 5.41) is 11.0. The fourth-order valence-electron chi connectivity index (χ4n) is 2.53. The molecule has 22 heavy (non-hydrogen) atoms. The average molecular weight is 350 g/mol. The molecule has 9 heteroatoms. The molecule has 0 amide bonds. The zero-order valence-corrected chi connectivity index (χ0v) is 14.1. The minimum absolute atomic E-state index is 0. The molecule has 0 saturated heterocycles. The van der Waals surface area contributed by atoms with Crippen molar-refractivity contribution in [3.8, 4) is 0 Å². The highest BCUT2D eigenvalue weighted by molar-refractivity contribution is 7.89. The van der Waals surface area contributed by atoms with E-state index in [0.717, 1.165) is 12.8 Å². The van der Waals surface area contributed by atoms with Crippen LogP contribution in [0.1, 0.15) is 18.4 Å². The molecule has 2 N–H and O–H groups in total. The molecular weight excluding hydrogens is 330 g/mol. The lowest BCUT2D eigenvalue weighted by Crippen LogP contribution is -2.43. The Kier molecular flexibility index (Phi) is 5.91. The van der Waals surface area contributed by atoms with Gasteiger partial charge in [-0.2, -0.15) is 4.31 Å². The molecule has 1 fully saturated rings. The van der Waals surface area contributed by atoms with E-state index in [1.54, 1.807) is 0 Å². The summed E-state index contributed by atoms with van der Waals surface area (Å²) in [5.41, 5.74) is 5.65. The van der Waals surface area contributed by atoms with E-state index in [9.17, 15) is 18.5 Å². The number of sulfonamides is 1. The predicted octanol–water partition coefficient (Wildman–Crippen LogP) is 1.68. The average Bonchev–Trinajstić information content (AvgIpc) is 3.23. The van der Waals surface area contributed by atoms with Crippen LogP contribution in [0.3, 0.4) is 0 Å². The summed E-state index contributed by atoms with van der Waals surface area (Å²) in [6, 6.07) is 3.83. The second-order valence-corrected chi connectivity index (χ2v) is 7.29. The molecule has 0 radical (unpaired) electrons. The molecule has 1 aliphatic rings. The topological polar surface area (TPSA) is 107 Å². The summed E-state index contributed by atoms with van der Waals surface area (Å²) in [6.45, 7) is 1.70. The summed E-state index contributed by atoms with van der Waals surface area (Å²) in [6.07, 6.45) is 1.94. The van der Waals surface area contributed by atoms with Gasteiger partial charge in [0.2, 0.25) is 10.0 Å². The van der Waals surface area contributed by atoms with Gasteiger partial charge in [0.05, 0.1) is 9.82 Å². The molecule has 1 aliphatic carbocycles. The van der Waals surface area contributed by atoms with Crippen molar-refractivity contribution in [1.29, 1.82) is 0 Å². The van der Waals surface area contributed by atoms with Gasteiger partial charge in [0.15, 0.2) is 0 Å². The zero-order valence-electron chi connectivity index (χ0n) is 12.4. The number of rotatable bonds is 6. The first-order valence-electron chi connectivity index (χ1n) is 6.72. The van der Waals surface area contributed by atoms with Gasteiger partial charge in [0, 0.05) is 31.3 Å². The molecule has 124 valence electrons. The summed E-state index contributed by atoms with van der Waals surface area (Å²) in [7, 11) is -2.30. The molecule has 7 nitrogen and oxygen atoms in total. The van der Waals surface area contributed by atoms with E-state index < -0.39 is 14.9 Å². The second kappa shape index (κ2) is 6.91. The largest absolute Gasteiger partial charge is 0.329 e. The summed E-state index contributed by atoms with van der Waals surface area (Å²) in [4.78, 5) is 10.4. The first-order chi connectivity index (χ1) is 9.80. The van der Waals surface area contributed by atoms with Crippen molar-refractivity contribution < 1.29 is 13.3 Å². The van der Waals surface area contributed by atoms with Crippen molar-refractivity contribution in [2.45, 2.75) is 30.7 Å². The number of nitro groups is 1. The van der Waals surface area contributed by atoms with Crippen molar-refractivity contribution in [1.82, 2.24) is 4.31 Å². The van der Waals surface area contributed by atoms with Gasteiger partial charge in [-0.15, -0.1) is 12.4 Å². The normalized spacial score (nSPS) is 16.2. The molecule has 0 aromatic heterocycles. The third kappa shape index (κ3) is 3.40. The van der Waals surface area contributed by atoms with Gasteiger partial charge in [-0.25, -0.2) is 8.42 Å². The number of halogens is 1. The van der Waals surface area contributed by atoms with Gasteiger partial charge in [-0.05, 0) is 31.7 Å². The molecule has 2 rings (SSSR count). The molecule has 0 aliphatic heterocycles. The van der Waals surface area contributed by atoms with Crippen molar-refractivity contribution in [2.24, 2.45) is 11.7 Å². The number of hydrogen-bond acceptors (Lipinski definition) is 5. The van der Waals surface area contributed by atoms with Crippen LogP contribution < -0.4 is 5.73 Å². The van der Waals surface area contributed by atoms with E-state index in [4.69, 9.17) is 5.73 Å². The highest BCUT2D eigenvalue weighted by Crippen LogP contribution is 2.37. The second-order valence-electron chi connectivity index (χ2n) is 5.32. The van der Waals surface area contributed by atoms with Gasteiger partial charge in [-0.3, -0.25) is 10.1 Å². The quantitative estimate of drug-likeness (QED) is 0.621. The Bertz CT molecular complexity index is 661. The number of benzene rings is 1. The summed E-state index contributed by atoms with van der Waals surface area (Å²) < 4.78 is 26.7. The lowest BCUT2D eigenvalue weighted by Gasteiger charge is -2.26. The van der Waals surface area contributed by atoms with E-state index in [0.29, 0.717) is 0 Å². The van der Waals surface area contributed by atoms with Gasteiger partial charge in [0.25, 0.3) is 5.69 Å². The van der Waals surface area contributed by atoms with Crippen molar-refractivity contribution in [3.63, 3.8) is 0 Å². The fraction of sp³-hybridized carbons (Fsp3) is 0.538. The Labute approximate surface area is 136 Å². The Morgan fingerprint density at radius 1 is 1.45 bits per heavy atom. The van der Waals surface area contributed by atoms with Crippen molar-refractivity contribution in [2.75, 3.05) is 13.6 Å². The Morgan fingerprint density at radius 2 is 2.05 bits per heavy atom. The molecule has 1 saturated carbocycles. The maximum Gasteiger partial charge on any atom is 0.273 e. The molecule has 0 bridgehead atoms. The van der Waals surface area contributed by atoms with Gasteiger partial charge < -0.3 is 5.73 Å². The van der Waals surface area contributed by atoms with E-state index in [1.807, 2.05) is 0 Å². The first-order valence-corrected chi connectivity index (χ1v) is 8.16. The molecule has 0 spiro atoms. The number of nitrogens with two attached hydrogens (primary N) is 1. The zero-order chi connectivity index (χ0) is 15.8. The van der Waals surface area contributed by atoms with E-state index in [2.05, 4.69) is 0 Å². The molecule has 1 aromatic carbocycles. The van der Waals surface area contributed by atoms with Crippen molar-refractivity contribution >= 4 is 28.1 Å². The predicted molar refractivity (Wildman–Crippen MR) is 85.6 cm³/mol. The van der Waals surface area contributed by atoms with Crippen LogP contribution in [0.25, 0.3) is 0 Å². The smallest absolute Gasteiger partial charge is 0.273 e. The third-order valence-corrected chi connectivity index (χ3v) is 6.01. The summed E-state index contributed by atoms with van der Waals surface area (Å²) in [5.74, 6) is 0.286. The minimum atomic E-state index is -3.79. The monoisotopic (exact) mass is 349 g/mol. The Balaban J connectivity index is 0.00000242. The minimum Gasteiger partial charge on any atom is -0.329 e. The van der Waals surface area contributed by atoms with Crippen LogP contribution in [0.2, 0.25) is 0 Å². The number of nitrogens with zero attached hydrogens (tertiary/aromatic N) is 2. The van der Waals surface area contributed by atoms with Gasteiger partial charge in [-0.1, -0.05) is 6.07 Å². The third-order valence-electron chi connectivity index (χ3n) is 3.98. The SMILES string of the molecule is Cc1c([N+](=O)[O-])cccc1S(=O)(=O)N(C)C(CN)C1CC1.Cl. The Morgan fingerprint density at radius 3 is 2.50 bits per heavy atom. The van der Waals surface area contributed by atoms with Crippen LogP contribution in [0, 0.1) is 23.0 Å². The first kappa shape index (κ1) is 18.8. The fourth-order valence-corrected chi connectivity index (χ4v) is 4.20. The van der Waals surface area contributed by atoms with E-state index in [1.165, 1.54) is 36.5 Å². The molecule has 1 atom stereocenters. The van der Waals surface area contributed by atoms with Crippen LogP contribution in [0.4, 0.5) is 5.69 Å². The summed E-state index contributed by atoms with van der Waals surface area (Å²) >= 11 is 0. The van der Waals surface area contributed by atoms with Gasteiger partial charge in [0.1, 0.15) is 0 Å². The maximum atomic E-state index is 12.7. The highest BCUT2D eigenvalue weighted by Gasteiger charge is 2.39. The van der Waals surface area contributed by atoms with E-state index in [-0.39, 0.29) is 47.1 Å². The lowest BCUT2D eigenvalue weighted by atomic mass is 10.2. The van der Waals surface area contributed by atoms with Crippen LogP contribution in [0.5, 0.6) is 0 Å². The lowest BCUT2D eigenvalue weighted by molar-refractivity contribution is -0.385. The molecule has 0 heterocycles. The standard InChI is InChI=1S/C13H19N3O4S.ClH/c1-9-11(16(17)18)4-3-5-13(9)21(19,20)15(2)12(8-14)10-6-7-10;/h3-5,10,12H,6-8,14H2,1-2H3;1H. The Hall–Kier alpha value is -1.22. The maximum absolute atomic E-state index is 12.7. The highest BCUT2D eigenvalue weighted by atomic mass is 35.5. The molecular formula is C13H20ClN3O4S. The van der Waals surface area contributed by atoms with E-state index >= 15 is 0 Å². The number of hydrogen-bond donors (Lipinski definition) is 1. The van der Waals surface area contributed by atoms with Crippen molar-refractivity contribution in [3.05, 3.63) is 33.9 Å². The molecule has 1 unspecified atom stereocenters. The van der Waals surface area contributed by atoms with Crippen LogP contribution >= 0.6 is 12.4 Å². The van der Waals surface area contributed by atoms with Crippen LogP contribution in [-0.2, 0) is 10.0 Å². The number of nitro benzene ring substituents is 1. The molecule has 1 aromatic rings. The van der Waals surface area contributed by atoms with Gasteiger partial charge >= 0.3 is 0 Å².